The normalized spacial score (nSPS) is 19.3. The minimum absolute atomic E-state index is 0.300. The molecule has 2 aromatic rings. The van der Waals surface area contributed by atoms with Crippen LogP contribution < -0.4 is 10.6 Å². The number of epoxide rings is 1. The van der Waals surface area contributed by atoms with Crippen molar-refractivity contribution in [1.82, 2.24) is 10.6 Å². The van der Waals surface area contributed by atoms with Crippen molar-refractivity contribution >= 4 is 28.6 Å². The van der Waals surface area contributed by atoms with Crippen LogP contribution in [0.4, 0.5) is 0 Å². The average Bonchev–Trinajstić information content (AvgIpc) is 3.47. The highest BCUT2D eigenvalue weighted by molar-refractivity contribution is 5.95. The Morgan fingerprint density at radius 3 is 2.52 bits per heavy atom. The number of carboxylic acids is 1. The predicted molar refractivity (Wildman–Crippen MR) is 98.9 cm³/mol. The Bertz CT molecular complexity index is 866. The second kappa shape index (κ2) is 8.18. The lowest BCUT2D eigenvalue weighted by Crippen LogP contribution is -2.48. The molecule has 3 atom stereocenters. The number of carbonyl (C=O) groups excluding carboxylic acids is 2. The molecule has 0 bridgehead atoms. The summed E-state index contributed by atoms with van der Waals surface area (Å²) >= 11 is 0. The second-order valence-corrected chi connectivity index (χ2v) is 6.56. The lowest BCUT2D eigenvalue weighted by atomic mass is 10.1. The molecule has 0 aromatic heterocycles. The first-order valence-corrected chi connectivity index (χ1v) is 8.93. The van der Waals surface area contributed by atoms with Gasteiger partial charge in [0.25, 0.3) is 5.91 Å². The molecule has 1 aliphatic heterocycles. The smallest absolute Gasteiger partial charge is 0.336 e. The SMILES string of the molecule is CCC[C@H](NC(=O)[C@H]1O[C@@H]1C(=O)O)C(=O)NCc1ccc2ccccc2c1. The molecule has 1 fully saturated rings. The summed E-state index contributed by atoms with van der Waals surface area (Å²) in [5.74, 6) is -2.05. The van der Waals surface area contributed by atoms with Gasteiger partial charge < -0.3 is 20.5 Å². The van der Waals surface area contributed by atoms with Gasteiger partial charge >= 0.3 is 5.97 Å². The molecule has 7 nitrogen and oxygen atoms in total. The number of fused-ring (bicyclic) bond motifs is 1. The summed E-state index contributed by atoms with van der Waals surface area (Å²) in [6.45, 7) is 2.25. The van der Waals surface area contributed by atoms with E-state index < -0.39 is 30.1 Å². The number of hydrogen-bond donors (Lipinski definition) is 3. The maximum Gasteiger partial charge on any atom is 0.336 e. The summed E-state index contributed by atoms with van der Waals surface area (Å²) in [6.07, 6.45) is -0.981. The third-order valence-electron chi connectivity index (χ3n) is 4.48. The number of amides is 2. The van der Waals surface area contributed by atoms with Gasteiger partial charge in [-0.05, 0) is 28.8 Å². The van der Waals surface area contributed by atoms with E-state index in [1.165, 1.54) is 0 Å². The predicted octanol–water partition coefficient (Wildman–Crippen LogP) is 1.59. The minimum Gasteiger partial charge on any atom is -0.479 e. The molecule has 3 rings (SSSR count). The Balaban J connectivity index is 1.57. The van der Waals surface area contributed by atoms with E-state index in [1.807, 2.05) is 49.4 Å². The highest BCUT2D eigenvalue weighted by atomic mass is 16.6. The maximum absolute atomic E-state index is 12.5. The molecule has 0 unspecified atom stereocenters. The van der Waals surface area contributed by atoms with Crippen LogP contribution >= 0.6 is 0 Å². The van der Waals surface area contributed by atoms with E-state index in [0.717, 1.165) is 16.3 Å². The third kappa shape index (κ3) is 4.62. The summed E-state index contributed by atoms with van der Waals surface area (Å²) in [4.78, 5) is 35.3. The third-order valence-corrected chi connectivity index (χ3v) is 4.48. The van der Waals surface area contributed by atoms with Crippen molar-refractivity contribution in [2.45, 2.75) is 44.6 Å². The number of carboxylic acid groups (broad SMARTS) is 1. The van der Waals surface area contributed by atoms with Crippen LogP contribution in [0.5, 0.6) is 0 Å². The summed E-state index contributed by atoms with van der Waals surface area (Å²) in [5, 5.41) is 16.5. The fourth-order valence-electron chi connectivity index (χ4n) is 2.97. The van der Waals surface area contributed by atoms with Crippen LogP contribution in [0.2, 0.25) is 0 Å². The van der Waals surface area contributed by atoms with Crippen LogP contribution in [0.15, 0.2) is 42.5 Å². The summed E-state index contributed by atoms with van der Waals surface area (Å²) in [6, 6.07) is 13.2. The number of aliphatic carboxylic acids is 1. The number of benzene rings is 2. The van der Waals surface area contributed by atoms with Crippen LogP contribution in [0.1, 0.15) is 25.3 Å². The largest absolute Gasteiger partial charge is 0.479 e. The Hall–Kier alpha value is -2.93. The van der Waals surface area contributed by atoms with Gasteiger partial charge in [0.15, 0.2) is 12.2 Å². The van der Waals surface area contributed by atoms with Gasteiger partial charge in [-0.3, -0.25) is 9.59 Å². The van der Waals surface area contributed by atoms with Crippen molar-refractivity contribution in [2.75, 3.05) is 0 Å². The Labute approximate surface area is 156 Å². The van der Waals surface area contributed by atoms with Gasteiger partial charge in [-0.1, -0.05) is 49.7 Å². The zero-order valence-electron chi connectivity index (χ0n) is 15.0. The summed E-state index contributed by atoms with van der Waals surface area (Å²) < 4.78 is 4.83. The standard InChI is InChI=1S/C20H22N2O5/c1-2-5-15(22-19(24)16-17(27-16)20(25)26)18(23)21-11-12-8-9-13-6-3-4-7-14(13)10-12/h3-4,6-10,15-17H,2,5,11H2,1H3,(H,21,23)(H,22,24)(H,25,26)/t15-,16-,17-/m0/s1. The second-order valence-electron chi connectivity index (χ2n) is 6.56. The van der Waals surface area contributed by atoms with Crippen LogP contribution in [0.3, 0.4) is 0 Å². The number of rotatable bonds is 8. The molecule has 3 N–H and O–H groups in total. The lowest BCUT2D eigenvalue weighted by molar-refractivity contribution is -0.138. The molecule has 1 saturated heterocycles. The van der Waals surface area contributed by atoms with E-state index in [-0.39, 0.29) is 5.91 Å². The van der Waals surface area contributed by atoms with Crippen molar-refractivity contribution < 1.29 is 24.2 Å². The fourth-order valence-corrected chi connectivity index (χ4v) is 2.97. The van der Waals surface area contributed by atoms with Gasteiger partial charge in [0.1, 0.15) is 6.04 Å². The van der Waals surface area contributed by atoms with Crippen molar-refractivity contribution in [3.63, 3.8) is 0 Å². The Morgan fingerprint density at radius 1 is 1.11 bits per heavy atom. The van der Waals surface area contributed by atoms with Crippen LogP contribution in [-0.4, -0.2) is 41.1 Å². The fraction of sp³-hybridized carbons (Fsp3) is 0.350. The van der Waals surface area contributed by atoms with Crippen molar-refractivity contribution in [1.29, 1.82) is 0 Å². The molecule has 0 aliphatic carbocycles. The molecule has 142 valence electrons. The number of nitrogens with one attached hydrogen (secondary N) is 2. The van der Waals surface area contributed by atoms with Gasteiger partial charge in [-0.15, -0.1) is 0 Å². The average molecular weight is 370 g/mol. The topological polar surface area (TPSA) is 108 Å². The number of hydrogen-bond acceptors (Lipinski definition) is 4. The molecule has 0 saturated carbocycles. The lowest BCUT2D eigenvalue weighted by Gasteiger charge is -2.17. The van der Waals surface area contributed by atoms with Gasteiger partial charge in [-0.2, -0.15) is 0 Å². The molecule has 1 aliphatic rings. The van der Waals surface area contributed by atoms with E-state index in [1.54, 1.807) is 0 Å². The summed E-state index contributed by atoms with van der Waals surface area (Å²) in [7, 11) is 0. The quantitative estimate of drug-likeness (QED) is 0.612. The monoisotopic (exact) mass is 370 g/mol. The van der Waals surface area contributed by atoms with Gasteiger partial charge in [0.2, 0.25) is 5.91 Å². The van der Waals surface area contributed by atoms with Gasteiger partial charge in [0, 0.05) is 6.54 Å². The first-order chi connectivity index (χ1) is 13.0. The number of ether oxygens (including phenoxy) is 1. The van der Waals surface area contributed by atoms with Gasteiger partial charge in [0.05, 0.1) is 0 Å². The van der Waals surface area contributed by atoms with Crippen LogP contribution in [0, 0.1) is 0 Å². The number of carbonyl (C=O) groups is 3. The molecule has 2 amide bonds. The molecule has 7 heteroatoms. The zero-order chi connectivity index (χ0) is 19.4. The highest BCUT2D eigenvalue weighted by Gasteiger charge is 2.51. The van der Waals surface area contributed by atoms with Crippen molar-refractivity contribution in [2.24, 2.45) is 0 Å². The maximum atomic E-state index is 12.5. The van der Waals surface area contributed by atoms with E-state index in [4.69, 9.17) is 9.84 Å². The Morgan fingerprint density at radius 2 is 1.85 bits per heavy atom. The molecule has 27 heavy (non-hydrogen) atoms. The molecule has 0 radical (unpaired) electrons. The molecular formula is C20H22N2O5. The van der Waals surface area contributed by atoms with E-state index in [2.05, 4.69) is 10.6 Å². The van der Waals surface area contributed by atoms with E-state index >= 15 is 0 Å². The van der Waals surface area contributed by atoms with Gasteiger partial charge in [-0.25, -0.2) is 4.79 Å². The molecule has 2 aromatic carbocycles. The zero-order valence-corrected chi connectivity index (χ0v) is 15.0. The molecular weight excluding hydrogens is 348 g/mol. The molecule has 0 spiro atoms. The highest BCUT2D eigenvalue weighted by Crippen LogP contribution is 2.22. The van der Waals surface area contributed by atoms with E-state index in [9.17, 15) is 14.4 Å². The van der Waals surface area contributed by atoms with Crippen LogP contribution in [0.25, 0.3) is 10.8 Å². The van der Waals surface area contributed by atoms with Crippen LogP contribution in [-0.2, 0) is 25.7 Å². The Kier molecular flexibility index (Phi) is 5.71. The molecule has 1 heterocycles. The first kappa shape index (κ1) is 18.8. The summed E-state index contributed by atoms with van der Waals surface area (Å²) in [5.41, 5.74) is 0.958. The first-order valence-electron chi connectivity index (χ1n) is 8.93. The minimum atomic E-state index is -1.18. The van der Waals surface area contributed by atoms with Crippen molar-refractivity contribution in [3.8, 4) is 0 Å². The van der Waals surface area contributed by atoms with E-state index in [0.29, 0.717) is 19.4 Å². The van der Waals surface area contributed by atoms with Crippen molar-refractivity contribution in [3.05, 3.63) is 48.0 Å².